The first-order valence-corrected chi connectivity index (χ1v) is 6.57. The molecule has 0 saturated carbocycles. The van der Waals surface area contributed by atoms with Gasteiger partial charge in [0.2, 0.25) is 0 Å². The number of rotatable bonds is 11. The van der Waals surface area contributed by atoms with E-state index in [1.54, 1.807) is 0 Å². The van der Waals surface area contributed by atoms with Gasteiger partial charge < -0.3 is 19.5 Å². The molecule has 20 heavy (non-hydrogen) atoms. The van der Waals surface area contributed by atoms with Gasteiger partial charge >= 0.3 is 17.9 Å². The van der Waals surface area contributed by atoms with Gasteiger partial charge in [0.15, 0.2) is 0 Å². The van der Waals surface area contributed by atoms with Crippen LogP contribution in [0.2, 0.25) is 0 Å². The number of aliphatic carboxylic acids is 1. The van der Waals surface area contributed by atoms with Crippen LogP contribution in [0.3, 0.4) is 0 Å². The number of unbranched alkanes of at least 4 members (excludes halogenated alkanes) is 1. The van der Waals surface area contributed by atoms with Crippen molar-refractivity contribution in [1.82, 2.24) is 4.90 Å². The van der Waals surface area contributed by atoms with Crippen LogP contribution >= 0.6 is 0 Å². The van der Waals surface area contributed by atoms with E-state index in [0.29, 0.717) is 32.5 Å². The highest BCUT2D eigenvalue weighted by Crippen LogP contribution is 2.02. The Labute approximate surface area is 118 Å². The average molecular weight is 289 g/mol. The summed E-state index contributed by atoms with van der Waals surface area (Å²) in [7, 11) is 2.65. The van der Waals surface area contributed by atoms with Crippen LogP contribution in [-0.2, 0) is 23.9 Å². The van der Waals surface area contributed by atoms with Gasteiger partial charge in [0.1, 0.15) is 0 Å². The standard InChI is InChI=1S/C13H23NO6/c1-19-12(17)6-9-14(10-7-13(18)20-2)8-4-3-5-11(15)16/h3-10H2,1-2H3,(H,15,16). The molecule has 1 N–H and O–H groups in total. The molecule has 116 valence electrons. The SMILES string of the molecule is COC(=O)CCN(CCCCC(=O)O)CCC(=O)OC. The Morgan fingerprint density at radius 2 is 1.35 bits per heavy atom. The van der Waals surface area contributed by atoms with E-state index >= 15 is 0 Å². The number of esters is 2. The fourth-order valence-electron chi connectivity index (χ4n) is 1.65. The molecule has 0 aliphatic carbocycles. The minimum atomic E-state index is -0.819. The number of methoxy groups -OCH3 is 2. The maximum atomic E-state index is 11.1. The predicted octanol–water partition coefficient (Wildman–Crippen LogP) is 0.670. The molecule has 0 aromatic heterocycles. The fourth-order valence-corrected chi connectivity index (χ4v) is 1.65. The molecule has 0 bridgehead atoms. The van der Waals surface area contributed by atoms with E-state index < -0.39 is 5.97 Å². The lowest BCUT2D eigenvalue weighted by Crippen LogP contribution is -2.30. The Morgan fingerprint density at radius 1 is 0.850 bits per heavy atom. The van der Waals surface area contributed by atoms with Crippen molar-refractivity contribution in [3.63, 3.8) is 0 Å². The molecule has 0 spiro atoms. The van der Waals surface area contributed by atoms with Gasteiger partial charge in [0, 0.05) is 19.5 Å². The first-order valence-electron chi connectivity index (χ1n) is 6.57. The number of carbonyl (C=O) groups excluding carboxylic acids is 2. The van der Waals surface area contributed by atoms with Crippen LogP contribution in [0.1, 0.15) is 32.1 Å². The second-order valence-corrected chi connectivity index (χ2v) is 4.34. The van der Waals surface area contributed by atoms with Crippen LogP contribution in [0.15, 0.2) is 0 Å². The highest BCUT2D eigenvalue weighted by molar-refractivity contribution is 5.70. The Kier molecular flexibility index (Phi) is 10.3. The molecule has 0 atom stereocenters. The quantitative estimate of drug-likeness (QED) is 0.441. The van der Waals surface area contributed by atoms with Crippen LogP contribution in [-0.4, -0.2) is 61.8 Å². The molecule has 0 aliphatic rings. The molecule has 0 radical (unpaired) electrons. The van der Waals surface area contributed by atoms with Crippen molar-refractivity contribution in [3.8, 4) is 0 Å². The zero-order valence-corrected chi connectivity index (χ0v) is 12.1. The van der Waals surface area contributed by atoms with Gasteiger partial charge in [-0.15, -0.1) is 0 Å². The zero-order valence-electron chi connectivity index (χ0n) is 12.1. The van der Waals surface area contributed by atoms with Gasteiger partial charge in [0.05, 0.1) is 27.1 Å². The molecule has 0 saturated heterocycles. The van der Waals surface area contributed by atoms with Gasteiger partial charge in [-0.1, -0.05) is 0 Å². The lowest BCUT2D eigenvalue weighted by atomic mass is 10.2. The monoisotopic (exact) mass is 289 g/mol. The average Bonchev–Trinajstić information content (AvgIpc) is 2.44. The predicted molar refractivity (Wildman–Crippen MR) is 71.2 cm³/mol. The number of carboxylic acids is 1. The summed E-state index contributed by atoms with van der Waals surface area (Å²) in [6.07, 6.45) is 1.89. The molecule has 0 heterocycles. The topological polar surface area (TPSA) is 93.1 Å². The largest absolute Gasteiger partial charge is 0.481 e. The molecular formula is C13H23NO6. The van der Waals surface area contributed by atoms with E-state index in [2.05, 4.69) is 9.47 Å². The van der Waals surface area contributed by atoms with Crippen molar-refractivity contribution in [2.45, 2.75) is 32.1 Å². The first kappa shape index (κ1) is 18.4. The van der Waals surface area contributed by atoms with Crippen LogP contribution in [0.25, 0.3) is 0 Å². The minimum absolute atomic E-state index is 0.127. The number of hydrogen-bond donors (Lipinski definition) is 1. The number of carboxylic acid groups (broad SMARTS) is 1. The van der Waals surface area contributed by atoms with Gasteiger partial charge in [-0.05, 0) is 19.4 Å². The molecular weight excluding hydrogens is 266 g/mol. The van der Waals surface area contributed by atoms with E-state index in [0.717, 1.165) is 0 Å². The van der Waals surface area contributed by atoms with Crippen molar-refractivity contribution in [2.24, 2.45) is 0 Å². The molecule has 7 nitrogen and oxygen atoms in total. The van der Waals surface area contributed by atoms with Crippen LogP contribution in [0.5, 0.6) is 0 Å². The Morgan fingerprint density at radius 3 is 1.75 bits per heavy atom. The summed E-state index contributed by atoms with van der Waals surface area (Å²) in [4.78, 5) is 34.6. The Bertz CT molecular complexity index is 298. The highest BCUT2D eigenvalue weighted by Gasteiger charge is 2.11. The minimum Gasteiger partial charge on any atom is -0.481 e. The van der Waals surface area contributed by atoms with Crippen molar-refractivity contribution in [1.29, 1.82) is 0 Å². The van der Waals surface area contributed by atoms with Gasteiger partial charge in [-0.3, -0.25) is 14.4 Å². The smallest absolute Gasteiger partial charge is 0.306 e. The summed E-state index contributed by atoms with van der Waals surface area (Å²) in [6.45, 7) is 1.61. The number of nitrogens with zero attached hydrogens (tertiary/aromatic N) is 1. The molecule has 0 aromatic rings. The lowest BCUT2D eigenvalue weighted by molar-refractivity contribution is -0.141. The molecule has 0 amide bonds. The first-order chi connectivity index (χ1) is 9.49. The van der Waals surface area contributed by atoms with E-state index in [1.165, 1.54) is 14.2 Å². The second kappa shape index (κ2) is 11.2. The van der Waals surface area contributed by atoms with E-state index in [-0.39, 0.29) is 31.2 Å². The van der Waals surface area contributed by atoms with Gasteiger partial charge in [0.25, 0.3) is 0 Å². The molecule has 0 aliphatic heterocycles. The van der Waals surface area contributed by atoms with E-state index in [9.17, 15) is 14.4 Å². The molecule has 0 unspecified atom stereocenters. The molecule has 0 fully saturated rings. The third-order valence-electron chi connectivity index (χ3n) is 2.83. The maximum Gasteiger partial charge on any atom is 0.306 e. The molecule has 0 rings (SSSR count). The summed E-state index contributed by atoms with van der Waals surface area (Å²) in [5.74, 6) is -1.43. The summed E-state index contributed by atoms with van der Waals surface area (Å²) in [5.41, 5.74) is 0. The summed E-state index contributed by atoms with van der Waals surface area (Å²) < 4.78 is 9.14. The fraction of sp³-hybridized carbons (Fsp3) is 0.769. The number of carbonyl (C=O) groups is 3. The van der Waals surface area contributed by atoms with Crippen LogP contribution in [0, 0.1) is 0 Å². The van der Waals surface area contributed by atoms with Crippen LogP contribution < -0.4 is 0 Å². The second-order valence-electron chi connectivity index (χ2n) is 4.34. The van der Waals surface area contributed by atoms with E-state index in [1.807, 2.05) is 4.90 Å². The number of ether oxygens (including phenoxy) is 2. The van der Waals surface area contributed by atoms with Crippen molar-refractivity contribution >= 4 is 17.9 Å². The summed E-state index contributed by atoms with van der Waals surface area (Å²) in [5, 5.41) is 8.56. The van der Waals surface area contributed by atoms with Crippen molar-refractivity contribution in [3.05, 3.63) is 0 Å². The normalized spacial score (nSPS) is 10.3. The third kappa shape index (κ3) is 10.3. The van der Waals surface area contributed by atoms with Crippen LogP contribution in [0.4, 0.5) is 0 Å². The van der Waals surface area contributed by atoms with E-state index in [4.69, 9.17) is 5.11 Å². The highest BCUT2D eigenvalue weighted by atomic mass is 16.5. The summed E-state index contributed by atoms with van der Waals surface area (Å²) in [6, 6.07) is 0. The zero-order chi connectivity index (χ0) is 15.4. The molecule has 7 heteroatoms. The number of hydrogen-bond acceptors (Lipinski definition) is 6. The molecule has 0 aromatic carbocycles. The van der Waals surface area contributed by atoms with Gasteiger partial charge in [-0.2, -0.15) is 0 Å². The Balaban J connectivity index is 4.06. The van der Waals surface area contributed by atoms with Crippen molar-refractivity contribution in [2.75, 3.05) is 33.9 Å². The summed E-state index contributed by atoms with van der Waals surface area (Å²) >= 11 is 0. The lowest BCUT2D eigenvalue weighted by Gasteiger charge is -2.21. The van der Waals surface area contributed by atoms with Crippen molar-refractivity contribution < 1.29 is 29.0 Å². The third-order valence-corrected chi connectivity index (χ3v) is 2.83. The Hall–Kier alpha value is -1.63. The van der Waals surface area contributed by atoms with Gasteiger partial charge in [-0.25, -0.2) is 0 Å². The maximum absolute atomic E-state index is 11.1.